The van der Waals surface area contributed by atoms with E-state index in [0.29, 0.717) is 0 Å². The van der Waals surface area contributed by atoms with Gasteiger partial charge in [0.1, 0.15) is 0 Å². The normalized spacial score (nSPS) is 21.1. The van der Waals surface area contributed by atoms with Gasteiger partial charge in [-0.05, 0) is 5.56 Å². The van der Waals surface area contributed by atoms with Crippen LogP contribution in [0.4, 0.5) is 0 Å². The van der Waals surface area contributed by atoms with Gasteiger partial charge in [0, 0.05) is 13.0 Å². The molecule has 0 aromatic heterocycles. The van der Waals surface area contributed by atoms with E-state index in [2.05, 4.69) is 0 Å². The Bertz CT molecular complexity index is 446. The Labute approximate surface area is 105 Å². The third kappa shape index (κ3) is 2.68. The minimum absolute atomic E-state index is 0.0246. The van der Waals surface area contributed by atoms with Crippen molar-refractivity contribution in [3.8, 4) is 0 Å². The number of carboxylic acids is 1. The van der Waals surface area contributed by atoms with Crippen molar-refractivity contribution in [2.45, 2.75) is 12.5 Å². The highest BCUT2D eigenvalue weighted by Gasteiger charge is 2.35. The van der Waals surface area contributed by atoms with E-state index in [9.17, 15) is 14.7 Å². The van der Waals surface area contributed by atoms with Crippen LogP contribution in [-0.2, 0) is 9.59 Å². The molecule has 2 unspecified atom stereocenters. The van der Waals surface area contributed by atoms with Crippen LogP contribution >= 0.6 is 0 Å². The van der Waals surface area contributed by atoms with Crippen molar-refractivity contribution in [1.82, 2.24) is 4.90 Å². The van der Waals surface area contributed by atoms with Crippen LogP contribution in [0.1, 0.15) is 18.1 Å². The first-order valence-electron chi connectivity index (χ1n) is 5.81. The summed E-state index contributed by atoms with van der Waals surface area (Å²) in [6, 6.07) is 9.02. The second-order valence-corrected chi connectivity index (χ2v) is 4.46. The minimum atomic E-state index is -0.958. The lowest BCUT2D eigenvalue weighted by molar-refractivity contribution is -0.141. The standard InChI is InChI=1S/C13H15NO4/c15-11(9-4-2-1-3-5-9)8-14-7-10(13(17)18)6-12(14)16/h1-5,10-11,15H,6-8H2,(H,17,18). The van der Waals surface area contributed by atoms with Crippen LogP contribution in [0, 0.1) is 5.92 Å². The summed E-state index contributed by atoms with van der Waals surface area (Å²) in [5, 5.41) is 18.8. The van der Waals surface area contributed by atoms with Gasteiger partial charge in [-0.25, -0.2) is 0 Å². The predicted octanol–water partition coefficient (Wildman–Crippen LogP) is 0.653. The van der Waals surface area contributed by atoms with E-state index in [1.807, 2.05) is 18.2 Å². The van der Waals surface area contributed by atoms with E-state index < -0.39 is 18.0 Å². The smallest absolute Gasteiger partial charge is 0.308 e. The molecule has 18 heavy (non-hydrogen) atoms. The zero-order valence-electron chi connectivity index (χ0n) is 9.82. The molecule has 1 aliphatic heterocycles. The maximum Gasteiger partial charge on any atom is 0.308 e. The fourth-order valence-corrected chi connectivity index (χ4v) is 2.10. The van der Waals surface area contributed by atoms with Gasteiger partial charge < -0.3 is 15.1 Å². The summed E-state index contributed by atoms with van der Waals surface area (Å²) >= 11 is 0. The zero-order valence-corrected chi connectivity index (χ0v) is 9.82. The number of nitrogens with zero attached hydrogens (tertiary/aromatic N) is 1. The molecular formula is C13H15NO4. The quantitative estimate of drug-likeness (QED) is 0.821. The van der Waals surface area contributed by atoms with Crippen LogP contribution < -0.4 is 0 Å². The molecule has 1 amide bonds. The van der Waals surface area contributed by atoms with E-state index in [1.165, 1.54) is 4.90 Å². The van der Waals surface area contributed by atoms with Crippen molar-refractivity contribution in [2.75, 3.05) is 13.1 Å². The number of likely N-dealkylation sites (tertiary alicyclic amines) is 1. The second kappa shape index (κ2) is 5.18. The summed E-state index contributed by atoms with van der Waals surface area (Å²) in [6.07, 6.45) is -0.751. The molecule has 0 spiro atoms. The molecule has 1 heterocycles. The highest BCUT2D eigenvalue weighted by atomic mass is 16.4. The Morgan fingerprint density at radius 3 is 2.61 bits per heavy atom. The fraction of sp³-hybridized carbons (Fsp3) is 0.385. The van der Waals surface area contributed by atoms with E-state index in [1.54, 1.807) is 12.1 Å². The second-order valence-electron chi connectivity index (χ2n) is 4.46. The Hall–Kier alpha value is -1.88. The van der Waals surface area contributed by atoms with Gasteiger partial charge in [0.25, 0.3) is 0 Å². The lowest BCUT2D eigenvalue weighted by atomic mass is 10.1. The van der Waals surface area contributed by atoms with Gasteiger partial charge in [0.05, 0.1) is 18.6 Å². The summed E-state index contributed by atoms with van der Waals surface area (Å²) in [5.41, 5.74) is 0.726. The van der Waals surface area contributed by atoms with Gasteiger partial charge >= 0.3 is 5.97 Å². The van der Waals surface area contributed by atoms with E-state index in [0.717, 1.165) is 5.56 Å². The molecule has 1 aliphatic rings. The molecule has 1 aromatic carbocycles. The lowest BCUT2D eigenvalue weighted by Crippen LogP contribution is -2.30. The number of β-amino-alcohol motifs (C(OH)–C–C–N with tert-alkyl or cyclic N) is 1. The predicted molar refractivity (Wildman–Crippen MR) is 63.7 cm³/mol. The molecular weight excluding hydrogens is 234 g/mol. The monoisotopic (exact) mass is 249 g/mol. The van der Waals surface area contributed by atoms with Crippen molar-refractivity contribution in [3.05, 3.63) is 35.9 Å². The molecule has 1 saturated heterocycles. The van der Waals surface area contributed by atoms with Crippen molar-refractivity contribution in [3.63, 3.8) is 0 Å². The Kier molecular flexibility index (Phi) is 3.62. The van der Waals surface area contributed by atoms with Crippen molar-refractivity contribution in [2.24, 2.45) is 5.92 Å². The van der Waals surface area contributed by atoms with Crippen molar-refractivity contribution < 1.29 is 19.8 Å². The summed E-state index contributed by atoms with van der Waals surface area (Å²) in [5.74, 6) is -1.82. The number of carbonyl (C=O) groups is 2. The first-order chi connectivity index (χ1) is 8.58. The van der Waals surface area contributed by atoms with Crippen molar-refractivity contribution >= 4 is 11.9 Å². The molecule has 96 valence electrons. The van der Waals surface area contributed by atoms with Crippen molar-refractivity contribution in [1.29, 1.82) is 0 Å². The minimum Gasteiger partial charge on any atom is -0.481 e. The van der Waals surface area contributed by atoms with Gasteiger partial charge in [0.15, 0.2) is 0 Å². The molecule has 2 N–H and O–H groups in total. The summed E-state index contributed by atoms with van der Waals surface area (Å²) < 4.78 is 0. The van der Waals surface area contributed by atoms with Gasteiger partial charge in [-0.15, -0.1) is 0 Å². The zero-order chi connectivity index (χ0) is 13.1. The first-order valence-corrected chi connectivity index (χ1v) is 5.81. The molecule has 5 heteroatoms. The number of carboxylic acid groups (broad SMARTS) is 1. The highest BCUT2D eigenvalue weighted by molar-refractivity contribution is 5.86. The molecule has 2 atom stereocenters. The lowest BCUT2D eigenvalue weighted by Gasteiger charge is -2.20. The number of rotatable bonds is 4. The number of aliphatic hydroxyl groups excluding tert-OH is 1. The topological polar surface area (TPSA) is 77.8 Å². The Morgan fingerprint density at radius 1 is 1.39 bits per heavy atom. The Morgan fingerprint density at radius 2 is 2.06 bits per heavy atom. The molecule has 5 nitrogen and oxygen atoms in total. The number of benzene rings is 1. The van der Waals surface area contributed by atoms with Crippen LogP contribution in [0.2, 0.25) is 0 Å². The van der Waals surface area contributed by atoms with Crippen LogP contribution in [0.25, 0.3) is 0 Å². The molecule has 2 rings (SSSR count). The number of amides is 1. The maximum atomic E-state index is 11.6. The number of hydrogen-bond donors (Lipinski definition) is 2. The fourth-order valence-electron chi connectivity index (χ4n) is 2.10. The molecule has 0 saturated carbocycles. The summed E-state index contributed by atoms with van der Waals surface area (Å²) in [7, 11) is 0. The van der Waals surface area contributed by atoms with Gasteiger partial charge in [-0.3, -0.25) is 9.59 Å². The van der Waals surface area contributed by atoms with Crippen LogP contribution in [0.3, 0.4) is 0 Å². The van der Waals surface area contributed by atoms with Crippen LogP contribution in [-0.4, -0.2) is 40.1 Å². The average molecular weight is 249 g/mol. The van der Waals surface area contributed by atoms with Crippen LogP contribution in [0.15, 0.2) is 30.3 Å². The van der Waals surface area contributed by atoms with Crippen LogP contribution in [0.5, 0.6) is 0 Å². The van der Waals surface area contributed by atoms with Gasteiger partial charge in [-0.2, -0.15) is 0 Å². The SMILES string of the molecule is O=C(O)C1CC(=O)N(CC(O)c2ccccc2)C1. The van der Waals surface area contributed by atoms with E-state index >= 15 is 0 Å². The van der Waals surface area contributed by atoms with Gasteiger partial charge in [-0.1, -0.05) is 30.3 Å². The summed E-state index contributed by atoms with van der Waals surface area (Å²) in [6.45, 7) is 0.324. The third-order valence-corrected chi connectivity index (χ3v) is 3.14. The largest absolute Gasteiger partial charge is 0.481 e. The number of aliphatic hydroxyl groups is 1. The molecule has 0 bridgehead atoms. The average Bonchev–Trinajstić information content (AvgIpc) is 2.72. The highest BCUT2D eigenvalue weighted by Crippen LogP contribution is 2.21. The number of aliphatic carboxylic acids is 1. The molecule has 1 aromatic rings. The maximum absolute atomic E-state index is 11.6. The third-order valence-electron chi connectivity index (χ3n) is 3.14. The summed E-state index contributed by atoms with van der Waals surface area (Å²) in [4.78, 5) is 23.8. The Balaban J connectivity index is 1.98. The van der Waals surface area contributed by atoms with E-state index in [4.69, 9.17) is 5.11 Å². The molecule has 1 fully saturated rings. The van der Waals surface area contributed by atoms with E-state index in [-0.39, 0.29) is 25.4 Å². The first kappa shape index (κ1) is 12.6. The number of carbonyl (C=O) groups excluding carboxylic acids is 1. The molecule has 0 radical (unpaired) electrons. The molecule has 0 aliphatic carbocycles. The number of hydrogen-bond acceptors (Lipinski definition) is 3. The van der Waals surface area contributed by atoms with Gasteiger partial charge in [0.2, 0.25) is 5.91 Å².